The van der Waals surface area contributed by atoms with Gasteiger partial charge in [0.25, 0.3) is 0 Å². The van der Waals surface area contributed by atoms with E-state index in [0.717, 1.165) is 0 Å². The van der Waals surface area contributed by atoms with E-state index in [1.54, 1.807) is 17.4 Å². The molecule has 0 unspecified atom stereocenters. The Morgan fingerprint density at radius 1 is 1.50 bits per heavy atom. The number of aryl methyl sites for hydroxylation is 1. The van der Waals surface area contributed by atoms with E-state index in [2.05, 4.69) is 15.2 Å². The third-order valence-electron chi connectivity index (χ3n) is 1.55. The first-order valence-electron chi connectivity index (χ1n) is 3.32. The van der Waals surface area contributed by atoms with Crippen molar-refractivity contribution in [3.63, 3.8) is 0 Å². The molecule has 0 aliphatic carbocycles. The van der Waals surface area contributed by atoms with Gasteiger partial charge in [-0.3, -0.25) is 0 Å². The highest BCUT2D eigenvalue weighted by Gasteiger charge is 2.05. The molecule has 0 saturated heterocycles. The number of nitrogen functional groups attached to an aromatic ring is 1. The van der Waals surface area contributed by atoms with Crippen LogP contribution in [0, 0.1) is 6.92 Å². The van der Waals surface area contributed by atoms with Gasteiger partial charge in [-0.25, -0.2) is 9.38 Å². The average molecular weight is 184 g/mol. The van der Waals surface area contributed by atoms with Crippen LogP contribution in [0.3, 0.4) is 0 Å². The second-order valence-corrected chi connectivity index (χ2v) is 2.77. The fraction of sp³-hybridized carbons (Fsp3) is 0.167. The van der Waals surface area contributed by atoms with Gasteiger partial charge in [-0.1, -0.05) is 11.6 Å². The minimum Gasteiger partial charge on any atom is -0.369 e. The maximum atomic E-state index is 5.66. The van der Waals surface area contributed by atoms with Gasteiger partial charge in [0.2, 0.25) is 5.95 Å². The van der Waals surface area contributed by atoms with Crippen molar-refractivity contribution in [2.45, 2.75) is 6.92 Å². The molecule has 0 aliphatic rings. The van der Waals surface area contributed by atoms with Crippen LogP contribution in [-0.4, -0.2) is 19.6 Å². The van der Waals surface area contributed by atoms with Crippen molar-refractivity contribution in [2.24, 2.45) is 0 Å². The summed E-state index contributed by atoms with van der Waals surface area (Å²) in [5.74, 6) is 1.01. The van der Waals surface area contributed by atoms with Gasteiger partial charge in [0.1, 0.15) is 11.0 Å². The fourth-order valence-corrected chi connectivity index (χ4v) is 1.24. The Morgan fingerprint density at radius 3 is 3.00 bits per heavy atom. The number of nitrogens with two attached hydrogens (primary N) is 1. The van der Waals surface area contributed by atoms with Crippen LogP contribution in [-0.2, 0) is 0 Å². The summed E-state index contributed by atoms with van der Waals surface area (Å²) in [6.45, 7) is 1.80. The summed E-state index contributed by atoms with van der Waals surface area (Å²) in [5.41, 5.74) is 6.21. The zero-order valence-electron chi connectivity index (χ0n) is 6.32. The molecular formula is C6H6ClN5. The highest BCUT2D eigenvalue weighted by atomic mass is 35.5. The SMILES string of the molecule is Cc1nnc2cc(Cl)nc(N)n12. The van der Waals surface area contributed by atoms with Crippen molar-refractivity contribution in [3.8, 4) is 0 Å². The number of hydrogen-bond donors (Lipinski definition) is 1. The molecule has 0 atom stereocenters. The van der Waals surface area contributed by atoms with Crippen molar-refractivity contribution >= 4 is 23.2 Å². The van der Waals surface area contributed by atoms with E-state index in [-0.39, 0.29) is 0 Å². The standard InChI is InChI=1S/C6H6ClN5/c1-3-10-11-5-2-4(7)9-6(8)12(3)5/h2H,1H3,(H2,8,9). The second kappa shape index (κ2) is 2.31. The van der Waals surface area contributed by atoms with E-state index in [4.69, 9.17) is 17.3 Å². The molecule has 12 heavy (non-hydrogen) atoms. The molecule has 0 spiro atoms. The number of rotatable bonds is 0. The summed E-state index contributed by atoms with van der Waals surface area (Å²) in [6, 6.07) is 1.61. The summed E-state index contributed by atoms with van der Waals surface area (Å²) < 4.78 is 1.63. The first kappa shape index (κ1) is 7.30. The highest BCUT2D eigenvalue weighted by Crippen LogP contribution is 2.12. The quantitative estimate of drug-likeness (QED) is 0.610. The van der Waals surface area contributed by atoms with Gasteiger partial charge in [-0.05, 0) is 6.92 Å². The lowest BCUT2D eigenvalue weighted by atomic mass is 10.6. The van der Waals surface area contributed by atoms with Crippen LogP contribution in [0.25, 0.3) is 5.65 Å². The Labute approximate surface area is 73.2 Å². The third-order valence-corrected chi connectivity index (χ3v) is 1.74. The Morgan fingerprint density at radius 2 is 2.25 bits per heavy atom. The normalized spacial score (nSPS) is 10.8. The third kappa shape index (κ3) is 0.902. The monoisotopic (exact) mass is 183 g/mol. The van der Waals surface area contributed by atoms with Crippen molar-refractivity contribution in [1.82, 2.24) is 19.6 Å². The number of hydrogen-bond acceptors (Lipinski definition) is 4. The van der Waals surface area contributed by atoms with E-state index < -0.39 is 0 Å². The van der Waals surface area contributed by atoms with Gasteiger partial charge in [0.15, 0.2) is 5.65 Å². The van der Waals surface area contributed by atoms with E-state index >= 15 is 0 Å². The Bertz CT molecular complexity index is 435. The summed E-state index contributed by atoms with van der Waals surface area (Å²) in [7, 11) is 0. The van der Waals surface area contributed by atoms with Gasteiger partial charge in [-0.2, -0.15) is 0 Å². The number of fused-ring (bicyclic) bond motifs is 1. The molecule has 2 aromatic heterocycles. The maximum Gasteiger partial charge on any atom is 0.208 e. The summed E-state index contributed by atoms with van der Waals surface area (Å²) in [5, 5.41) is 8.01. The minimum absolute atomic E-state index is 0.306. The molecule has 2 heterocycles. The number of halogens is 1. The number of anilines is 1. The van der Waals surface area contributed by atoms with E-state index in [1.807, 2.05) is 0 Å². The minimum atomic E-state index is 0.306. The molecule has 5 nitrogen and oxygen atoms in total. The van der Waals surface area contributed by atoms with Crippen LogP contribution < -0.4 is 5.73 Å². The summed E-state index contributed by atoms with van der Waals surface area (Å²) >= 11 is 5.66. The maximum absolute atomic E-state index is 5.66. The molecule has 0 saturated carbocycles. The molecule has 2 N–H and O–H groups in total. The van der Waals surface area contributed by atoms with Gasteiger partial charge in [0, 0.05) is 6.07 Å². The van der Waals surface area contributed by atoms with Crippen molar-refractivity contribution in [2.75, 3.05) is 5.73 Å². The molecule has 0 radical (unpaired) electrons. The Kier molecular flexibility index (Phi) is 1.41. The molecule has 6 heteroatoms. The zero-order valence-corrected chi connectivity index (χ0v) is 7.08. The van der Waals surface area contributed by atoms with Crippen LogP contribution in [0.2, 0.25) is 5.15 Å². The van der Waals surface area contributed by atoms with Gasteiger partial charge in [-0.15, -0.1) is 10.2 Å². The molecule has 0 amide bonds. The van der Waals surface area contributed by atoms with Crippen molar-refractivity contribution in [1.29, 1.82) is 0 Å². The molecule has 2 rings (SSSR count). The van der Waals surface area contributed by atoms with Crippen LogP contribution in [0.4, 0.5) is 5.95 Å². The van der Waals surface area contributed by atoms with E-state index in [0.29, 0.717) is 22.6 Å². The van der Waals surface area contributed by atoms with E-state index in [9.17, 15) is 0 Å². The molecule has 0 aromatic carbocycles. The second-order valence-electron chi connectivity index (χ2n) is 2.38. The fourth-order valence-electron chi connectivity index (χ4n) is 1.05. The zero-order chi connectivity index (χ0) is 8.72. The largest absolute Gasteiger partial charge is 0.369 e. The first-order chi connectivity index (χ1) is 5.68. The Balaban J connectivity index is 2.93. The van der Waals surface area contributed by atoms with Crippen LogP contribution in [0.5, 0.6) is 0 Å². The molecule has 2 aromatic rings. The molecule has 0 bridgehead atoms. The predicted octanol–water partition coefficient (Wildman–Crippen LogP) is 0.668. The number of aromatic nitrogens is 4. The first-order valence-corrected chi connectivity index (χ1v) is 3.70. The van der Waals surface area contributed by atoms with Gasteiger partial charge < -0.3 is 5.73 Å². The molecule has 0 aliphatic heterocycles. The smallest absolute Gasteiger partial charge is 0.208 e. The lowest BCUT2D eigenvalue weighted by Crippen LogP contribution is -2.01. The van der Waals surface area contributed by atoms with Gasteiger partial charge >= 0.3 is 0 Å². The molecule has 0 fully saturated rings. The lowest BCUT2D eigenvalue weighted by molar-refractivity contribution is 0.994. The van der Waals surface area contributed by atoms with Crippen LogP contribution >= 0.6 is 11.6 Å². The highest BCUT2D eigenvalue weighted by molar-refractivity contribution is 6.29. The summed E-state index contributed by atoms with van der Waals surface area (Å²) in [4.78, 5) is 3.86. The Hall–Kier alpha value is -1.36. The van der Waals surface area contributed by atoms with Crippen molar-refractivity contribution in [3.05, 3.63) is 17.0 Å². The predicted molar refractivity (Wildman–Crippen MR) is 44.9 cm³/mol. The topological polar surface area (TPSA) is 69.1 Å². The van der Waals surface area contributed by atoms with Crippen LogP contribution in [0.15, 0.2) is 6.07 Å². The molecule has 62 valence electrons. The van der Waals surface area contributed by atoms with Crippen molar-refractivity contribution < 1.29 is 0 Å². The molecular weight excluding hydrogens is 178 g/mol. The lowest BCUT2D eigenvalue weighted by Gasteiger charge is -1.98. The number of nitrogens with zero attached hydrogens (tertiary/aromatic N) is 4. The average Bonchev–Trinajstić information content (AvgIpc) is 2.31. The summed E-state index contributed by atoms with van der Waals surface area (Å²) in [6.07, 6.45) is 0. The van der Waals surface area contributed by atoms with Gasteiger partial charge in [0.05, 0.1) is 0 Å². The van der Waals surface area contributed by atoms with E-state index in [1.165, 1.54) is 0 Å². The van der Waals surface area contributed by atoms with Crippen LogP contribution in [0.1, 0.15) is 5.82 Å².